The van der Waals surface area contributed by atoms with Gasteiger partial charge in [0.05, 0.1) is 13.2 Å². The Morgan fingerprint density at radius 2 is 1.69 bits per heavy atom. The van der Waals surface area contributed by atoms with Crippen LogP contribution in [0.2, 0.25) is 0 Å². The van der Waals surface area contributed by atoms with Crippen LogP contribution in [-0.4, -0.2) is 13.2 Å². The maximum absolute atomic E-state index is 5.80. The highest BCUT2D eigenvalue weighted by atomic mass is 16.5. The van der Waals surface area contributed by atoms with E-state index < -0.39 is 0 Å². The first-order valence-electron chi connectivity index (χ1n) is 9.86. The summed E-state index contributed by atoms with van der Waals surface area (Å²) < 4.78 is 11.6. The summed E-state index contributed by atoms with van der Waals surface area (Å²) in [6, 6.07) is 16.5. The van der Waals surface area contributed by atoms with E-state index in [0.717, 1.165) is 43.4 Å². The molecular weight excluding hydrogens is 322 g/mol. The molecule has 0 bridgehead atoms. The van der Waals surface area contributed by atoms with E-state index in [1.807, 2.05) is 12.1 Å². The number of hydrogen-bond acceptors (Lipinski definition) is 3. The van der Waals surface area contributed by atoms with Gasteiger partial charge in [0, 0.05) is 18.3 Å². The molecule has 26 heavy (non-hydrogen) atoms. The molecule has 142 valence electrons. The number of benzene rings is 2. The monoisotopic (exact) mass is 355 g/mol. The standard InChI is InChI=1S/C23H33NO2/c1-4-5-6-7-15-25-22-13-11-20(12-14-22)17-24-21-9-8-10-23(16-21)26-18-19(2)3/h8-14,16,19,24H,4-7,15,17-18H2,1-3H3. The van der Waals surface area contributed by atoms with E-state index in [9.17, 15) is 0 Å². The summed E-state index contributed by atoms with van der Waals surface area (Å²) in [7, 11) is 0. The molecule has 1 N–H and O–H groups in total. The minimum atomic E-state index is 0.527. The van der Waals surface area contributed by atoms with E-state index >= 15 is 0 Å². The van der Waals surface area contributed by atoms with Gasteiger partial charge in [0.15, 0.2) is 0 Å². The van der Waals surface area contributed by atoms with E-state index in [0.29, 0.717) is 5.92 Å². The Morgan fingerprint density at radius 1 is 0.885 bits per heavy atom. The Morgan fingerprint density at radius 3 is 2.42 bits per heavy atom. The van der Waals surface area contributed by atoms with Gasteiger partial charge in [-0.1, -0.05) is 58.2 Å². The van der Waals surface area contributed by atoms with Crippen molar-refractivity contribution in [2.45, 2.75) is 53.0 Å². The predicted octanol–water partition coefficient (Wildman–Crippen LogP) is 6.29. The first kappa shape index (κ1) is 20.2. The lowest BCUT2D eigenvalue weighted by Gasteiger charge is -2.12. The molecule has 0 fully saturated rings. The van der Waals surface area contributed by atoms with Crippen molar-refractivity contribution in [2.75, 3.05) is 18.5 Å². The molecule has 0 aromatic heterocycles. The number of nitrogens with one attached hydrogen (secondary N) is 1. The third-order valence-electron chi connectivity index (χ3n) is 4.10. The van der Waals surface area contributed by atoms with Crippen molar-refractivity contribution < 1.29 is 9.47 Å². The van der Waals surface area contributed by atoms with Crippen molar-refractivity contribution in [1.82, 2.24) is 0 Å². The summed E-state index contributed by atoms with van der Waals surface area (Å²) in [5.74, 6) is 2.39. The third-order valence-corrected chi connectivity index (χ3v) is 4.10. The molecule has 0 aliphatic rings. The summed E-state index contributed by atoms with van der Waals surface area (Å²) in [5.41, 5.74) is 2.30. The lowest BCUT2D eigenvalue weighted by molar-refractivity contribution is 0.271. The first-order valence-corrected chi connectivity index (χ1v) is 9.86. The zero-order valence-corrected chi connectivity index (χ0v) is 16.5. The summed E-state index contributed by atoms with van der Waals surface area (Å²) in [5, 5.41) is 3.45. The second-order valence-corrected chi connectivity index (χ2v) is 7.14. The highest BCUT2D eigenvalue weighted by Crippen LogP contribution is 2.19. The molecule has 0 aliphatic carbocycles. The fraction of sp³-hybridized carbons (Fsp3) is 0.478. The molecule has 2 aromatic carbocycles. The van der Waals surface area contributed by atoms with E-state index in [1.165, 1.54) is 24.8 Å². The molecule has 3 nitrogen and oxygen atoms in total. The van der Waals surface area contributed by atoms with Crippen molar-refractivity contribution in [1.29, 1.82) is 0 Å². The summed E-state index contributed by atoms with van der Waals surface area (Å²) in [4.78, 5) is 0. The van der Waals surface area contributed by atoms with Gasteiger partial charge in [-0.2, -0.15) is 0 Å². The second kappa shape index (κ2) is 11.5. The van der Waals surface area contributed by atoms with Gasteiger partial charge >= 0.3 is 0 Å². The van der Waals surface area contributed by atoms with Crippen LogP contribution in [0, 0.1) is 5.92 Å². The number of anilines is 1. The van der Waals surface area contributed by atoms with E-state index in [-0.39, 0.29) is 0 Å². The van der Waals surface area contributed by atoms with Crippen molar-refractivity contribution >= 4 is 5.69 Å². The number of ether oxygens (including phenoxy) is 2. The number of hydrogen-bond donors (Lipinski definition) is 1. The molecule has 0 spiro atoms. The van der Waals surface area contributed by atoms with Crippen LogP contribution in [0.15, 0.2) is 48.5 Å². The topological polar surface area (TPSA) is 30.5 Å². The van der Waals surface area contributed by atoms with Crippen LogP contribution in [0.5, 0.6) is 11.5 Å². The van der Waals surface area contributed by atoms with E-state index in [1.54, 1.807) is 0 Å². The second-order valence-electron chi connectivity index (χ2n) is 7.14. The van der Waals surface area contributed by atoms with Crippen LogP contribution >= 0.6 is 0 Å². The Balaban J connectivity index is 1.76. The molecule has 0 saturated carbocycles. The van der Waals surface area contributed by atoms with Crippen LogP contribution in [-0.2, 0) is 6.54 Å². The maximum atomic E-state index is 5.80. The van der Waals surface area contributed by atoms with Gasteiger partial charge < -0.3 is 14.8 Å². The molecule has 0 atom stereocenters. The lowest BCUT2D eigenvalue weighted by Crippen LogP contribution is -2.05. The zero-order chi connectivity index (χ0) is 18.6. The smallest absolute Gasteiger partial charge is 0.121 e. The minimum absolute atomic E-state index is 0.527. The van der Waals surface area contributed by atoms with Crippen LogP contribution in [0.4, 0.5) is 5.69 Å². The summed E-state index contributed by atoms with van der Waals surface area (Å²) in [6.07, 6.45) is 4.93. The average molecular weight is 356 g/mol. The quantitative estimate of drug-likeness (QED) is 0.454. The van der Waals surface area contributed by atoms with Crippen molar-refractivity contribution in [2.24, 2.45) is 5.92 Å². The zero-order valence-electron chi connectivity index (χ0n) is 16.5. The van der Waals surface area contributed by atoms with Crippen molar-refractivity contribution in [3.05, 3.63) is 54.1 Å². The Hall–Kier alpha value is -2.16. The predicted molar refractivity (Wildman–Crippen MR) is 110 cm³/mol. The van der Waals surface area contributed by atoms with Crippen LogP contribution in [0.3, 0.4) is 0 Å². The number of unbranched alkanes of at least 4 members (excludes halogenated alkanes) is 3. The van der Waals surface area contributed by atoms with Crippen molar-refractivity contribution in [3.8, 4) is 11.5 Å². The molecule has 2 aromatic rings. The molecular formula is C23H33NO2. The highest BCUT2D eigenvalue weighted by Gasteiger charge is 2.00. The van der Waals surface area contributed by atoms with Gasteiger partial charge in [0.25, 0.3) is 0 Å². The molecule has 3 heteroatoms. The summed E-state index contributed by atoms with van der Waals surface area (Å²) >= 11 is 0. The van der Waals surface area contributed by atoms with E-state index in [4.69, 9.17) is 9.47 Å². The summed E-state index contributed by atoms with van der Waals surface area (Å²) in [6.45, 7) is 8.86. The molecule has 0 radical (unpaired) electrons. The molecule has 0 amide bonds. The largest absolute Gasteiger partial charge is 0.494 e. The maximum Gasteiger partial charge on any atom is 0.121 e. The Bertz CT molecular complexity index is 622. The number of rotatable bonds is 12. The third kappa shape index (κ3) is 7.81. The van der Waals surface area contributed by atoms with Gasteiger partial charge in [-0.25, -0.2) is 0 Å². The van der Waals surface area contributed by atoms with Crippen LogP contribution in [0.1, 0.15) is 52.0 Å². The van der Waals surface area contributed by atoms with Gasteiger partial charge in [0.1, 0.15) is 11.5 Å². The normalized spacial score (nSPS) is 10.8. The van der Waals surface area contributed by atoms with Crippen molar-refractivity contribution in [3.63, 3.8) is 0 Å². The van der Waals surface area contributed by atoms with Crippen LogP contribution < -0.4 is 14.8 Å². The van der Waals surface area contributed by atoms with Gasteiger partial charge in [0.2, 0.25) is 0 Å². The van der Waals surface area contributed by atoms with Gasteiger partial charge in [-0.3, -0.25) is 0 Å². The fourth-order valence-corrected chi connectivity index (χ4v) is 2.59. The minimum Gasteiger partial charge on any atom is -0.494 e. The molecule has 0 saturated heterocycles. The van der Waals surface area contributed by atoms with Gasteiger partial charge in [-0.05, 0) is 42.2 Å². The fourth-order valence-electron chi connectivity index (χ4n) is 2.59. The molecule has 0 heterocycles. The molecule has 0 aliphatic heterocycles. The van der Waals surface area contributed by atoms with Crippen LogP contribution in [0.25, 0.3) is 0 Å². The highest BCUT2D eigenvalue weighted by molar-refractivity contribution is 5.48. The average Bonchev–Trinajstić information content (AvgIpc) is 2.66. The Labute approximate surface area is 158 Å². The lowest BCUT2D eigenvalue weighted by atomic mass is 10.2. The molecule has 0 unspecified atom stereocenters. The van der Waals surface area contributed by atoms with E-state index in [2.05, 4.69) is 62.5 Å². The Kier molecular flexibility index (Phi) is 8.88. The molecule has 2 rings (SSSR count). The first-order chi connectivity index (χ1) is 12.7. The SMILES string of the molecule is CCCCCCOc1ccc(CNc2cccc(OCC(C)C)c2)cc1. The van der Waals surface area contributed by atoms with Gasteiger partial charge in [-0.15, -0.1) is 0 Å².